The number of aryl methyl sites for hydroxylation is 1. The molecule has 0 aliphatic rings. The van der Waals surface area contributed by atoms with Crippen molar-refractivity contribution < 1.29 is 9.13 Å². The highest BCUT2D eigenvalue weighted by Gasteiger charge is 2.02. The van der Waals surface area contributed by atoms with Crippen molar-refractivity contribution in [2.75, 3.05) is 0 Å². The number of benzene rings is 2. The van der Waals surface area contributed by atoms with Crippen molar-refractivity contribution in [3.63, 3.8) is 0 Å². The molecule has 0 fully saturated rings. The lowest BCUT2D eigenvalue weighted by Gasteiger charge is -2.08. The fourth-order valence-electron chi connectivity index (χ4n) is 1.70. The molecule has 0 aromatic heterocycles. The van der Waals surface area contributed by atoms with E-state index in [0.717, 1.165) is 5.56 Å². The van der Waals surface area contributed by atoms with Gasteiger partial charge in [-0.05, 0) is 42.3 Å². The summed E-state index contributed by atoms with van der Waals surface area (Å²) >= 11 is 0. The third-order valence-corrected chi connectivity index (χ3v) is 2.77. The zero-order valence-electron chi connectivity index (χ0n) is 10.6. The van der Waals surface area contributed by atoms with Gasteiger partial charge in [0.05, 0.1) is 0 Å². The summed E-state index contributed by atoms with van der Waals surface area (Å²) in [5.74, 6) is 0.400. The van der Waals surface area contributed by atoms with Crippen molar-refractivity contribution in [2.24, 2.45) is 5.73 Å². The Balaban J connectivity index is 2.07. The first-order chi connectivity index (χ1) is 9.06. The Labute approximate surface area is 111 Å². The lowest BCUT2D eigenvalue weighted by molar-refractivity contribution is 0.305. The van der Waals surface area contributed by atoms with Crippen LogP contribution in [0.3, 0.4) is 0 Å². The first kappa shape index (κ1) is 13.1. The van der Waals surface area contributed by atoms with Crippen LogP contribution in [0.1, 0.15) is 16.7 Å². The topological polar surface area (TPSA) is 59.1 Å². The summed E-state index contributed by atoms with van der Waals surface area (Å²) in [7, 11) is 0. The van der Waals surface area contributed by atoms with Gasteiger partial charge in [-0.2, -0.15) is 0 Å². The van der Waals surface area contributed by atoms with Gasteiger partial charge in [-0.1, -0.05) is 18.2 Å². The van der Waals surface area contributed by atoms with Crippen molar-refractivity contribution in [3.05, 3.63) is 65.0 Å². The molecule has 0 atom stereocenters. The van der Waals surface area contributed by atoms with Gasteiger partial charge in [-0.25, -0.2) is 4.39 Å². The summed E-state index contributed by atoms with van der Waals surface area (Å²) in [6, 6.07) is 11.9. The SMILES string of the molecule is Cc1cc(OCc2cccc(C(=N)N)c2)ccc1F. The maximum atomic E-state index is 13.1. The molecule has 0 bridgehead atoms. The minimum Gasteiger partial charge on any atom is -0.489 e. The number of nitrogen functional groups attached to an aromatic ring is 1. The van der Waals surface area contributed by atoms with Gasteiger partial charge in [0.1, 0.15) is 24.0 Å². The lowest BCUT2D eigenvalue weighted by atomic mass is 10.1. The molecule has 4 heteroatoms. The number of hydrogen-bond donors (Lipinski definition) is 2. The van der Waals surface area contributed by atoms with E-state index in [4.69, 9.17) is 15.9 Å². The molecular formula is C15H15FN2O. The van der Waals surface area contributed by atoms with Crippen molar-refractivity contribution >= 4 is 5.84 Å². The van der Waals surface area contributed by atoms with E-state index in [0.29, 0.717) is 23.5 Å². The monoisotopic (exact) mass is 258 g/mol. The number of halogens is 1. The second-order valence-electron chi connectivity index (χ2n) is 4.31. The molecule has 0 amide bonds. The average molecular weight is 258 g/mol. The molecule has 0 unspecified atom stereocenters. The van der Waals surface area contributed by atoms with E-state index in [9.17, 15) is 4.39 Å². The number of amidine groups is 1. The van der Waals surface area contributed by atoms with Gasteiger partial charge < -0.3 is 10.5 Å². The van der Waals surface area contributed by atoms with Crippen LogP contribution in [0.2, 0.25) is 0 Å². The maximum Gasteiger partial charge on any atom is 0.126 e. The van der Waals surface area contributed by atoms with Crippen LogP contribution < -0.4 is 10.5 Å². The summed E-state index contributed by atoms with van der Waals surface area (Å²) in [5.41, 5.74) is 7.55. The van der Waals surface area contributed by atoms with Crippen molar-refractivity contribution in [3.8, 4) is 5.75 Å². The quantitative estimate of drug-likeness (QED) is 0.654. The highest BCUT2D eigenvalue weighted by atomic mass is 19.1. The standard InChI is InChI=1S/C15H15FN2O/c1-10-7-13(5-6-14(10)16)19-9-11-3-2-4-12(8-11)15(17)18/h2-8H,9H2,1H3,(H3,17,18). The molecule has 0 aliphatic carbocycles. The molecule has 0 saturated carbocycles. The van der Waals surface area contributed by atoms with E-state index >= 15 is 0 Å². The summed E-state index contributed by atoms with van der Waals surface area (Å²) in [4.78, 5) is 0. The van der Waals surface area contributed by atoms with E-state index < -0.39 is 0 Å². The molecule has 0 spiro atoms. The lowest BCUT2D eigenvalue weighted by Crippen LogP contribution is -2.11. The van der Waals surface area contributed by atoms with Crippen LogP contribution >= 0.6 is 0 Å². The Hall–Kier alpha value is -2.36. The molecule has 0 aliphatic heterocycles. The first-order valence-corrected chi connectivity index (χ1v) is 5.88. The normalized spacial score (nSPS) is 10.2. The highest BCUT2D eigenvalue weighted by Crippen LogP contribution is 2.17. The molecule has 3 nitrogen and oxygen atoms in total. The van der Waals surface area contributed by atoms with Crippen molar-refractivity contribution in [2.45, 2.75) is 13.5 Å². The van der Waals surface area contributed by atoms with Crippen LogP contribution in [-0.4, -0.2) is 5.84 Å². The third kappa shape index (κ3) is 3.31. The second-order valence-corrected chi connectivity index (χ2v) is 4.31. The number of nitrogens with one attached hydrogen (secondary N) is 1. The largest absolute Gasteiger partial charge is 0.489 e. The number of hydrogen-bond acceptors (Lipinski definition) is 2. The number of nitrogens with two attached hydrogens (primary N) is 1. The molecule has 98 valence electrons. The summed E-state index contributed by atoms with van der Waals surface area (Å²) in [5, 5.41) is 7.38. The van der Waals surface area contributed by atoms with Crippen LogP contribution in [0.15, 0.2) is 42.5 Å². The van der Waals surface area contributed by atoms with Gasteiger partial charge >= 0.3 is 0 Å². The summed E-state index contributed by atoms with van der Waals surface area (Å²) in [6.45, 7) is 2.05. The van der Waals surface area contributed by atoms with Crippen LogP contribution in [0, 0.1) is 18.2 Å². The van der Waals surface area contributed by atoms with Crippen LogP contribution in [0.5, 0.6) is 5.75 Å². The van der Waals surface area contributed by atoms with E-state index in [-0.39, 0.29) is 11.7 Å². The second kappa shape index (κ2) is 5.52. The number of rotatable bonds is 4. The van der Waals surface area contributed by atoms with Crippen LogP contribution in [-0.2, 0) is 6.61 Å². The predicted octanol–water partition coefficient (Wildman–Crippen LogP) is 3.00. The molecule has 0 radical (unpaired) electrons. The van der Waals surface area contributed by atoms with E-state index in [1.54, 1.807) is 31.2 Å². The Morgan fingerprint density at radius 1 is 1.26 bits per heavy atom. The van der Waals surface area contributed by atoms with Crippen LogP contribution in [0.25, 0.3) is 0 Å². The zero-order valence-corrected chi connectivity index (χ0v) is 10.6. The molecular weight excluding hydrogens is 243 g/mol. The fourth-order valence-corrected chi connectivity index (χ4v) is 1.70. The minimum atomic E-state index is -0.245. The van der Waals surface area contributed by atoms with Crippen molar-refractivity contribution in [1.82, 2.24) is 0 Å². The molecule has 0 saturated heterocycles. The molecule has 2 rings (SSSR count). The number of ether oxygens (including phenoxy) is 1. The predicted molar refractivity (Wildman–Crippen MR) is 72.9 cm³/mol. The smallest absolute Gasteiger partial charge is 0.126 e. The Bertz CT molecular complexity index is 611. The molecule has 2 aromatic rings. The van der Waals surface area contributed by atoms with Gasteiger partial charge in [0.15, 0.2) is 0 Å². The Morgan fingerprint density at radius 2 is 2.05 bits per heavy atom. The van der Waals surface area contributed by atoms with Gasteiger partial charge in [-0.15, -0.1) is 0 Å². The zero-order chi connectivity index (χ0) is 13.8. The van der Waals surface area contributed by atoms with Crippen LogP contribution in [0.4, 0.5) is 4.39 Å². The van der Waals surface area contributed by atoms with E-state index in [2.05, 4.69) is 0 Å². The highest BCUT2D eigenvalue weighted by molar-refractivity contribution is 5.95. The first-order valence-electron chi connectivity index (χ1n) is 5.88. The van der Waals surface area contributed by atoms with Crippen molar-refractivity contribution in [1.29, 1.82) is 5.41 Å². The minimum absolute atomic E-state index is 0.0273. The average Bonchev–Trinajstić information content (AvgIpc) is 2.40. The van der Waals surface area contributed by atoms with Gasteiger partial charge in [0.25, 0.3) is 0 Å². The fraction of sp³-hybridized carbons (Fsp3) is 0.133. The summed E-state index contributed by atoms with van der Waals surface area (Å²) < 4.78 is 18.7. The Morgan fingerprint density at radius 3 is 2.74 bits per heavy atom. The summed E-state index contributed by atoms with van der Waals surface area (Å²) in [6.07, 6.45) is 0. The van der Waals surface area contributed by atoms with E-state index in [1.165, 1.54) is 6.07 Å². The van der Waals surface area contributed by atoms with Gasteiger partial charge in [-0.3, -0.25) is 5.41 Å². The third-order valence-electron chi connectivity index (χ3n) is 2.77. The van der Waals surface area contributed by atoms with E-state index in [1.807, 2.05) is 12.1 Å². The maximum absolute atomic E-state index is 13.1. The molecule has 0 heterocycles. The van der Waals surface area contributed by atoms with Gasteiger partial charge in [0.2, 0.25) is 0 Å². The van der Waals surface area contributed by atoms with Gasteiger partial charge in [0, 0.05) is 5.56 Å². The Kier molecular flexibility index (Phi) is 3.80. The molecule has 3 N–H and O–H groups in total. The molecule has 19 heavy (non-hydrogen) atoms. The molecule has 2 aromatic carbocycles.